The van der Waals surface area contributed by atoms with Gasteiger partial charge in [0.2, 0.25) is 0 Å². The largest absolute Gasteiger partial charge is 0.355 e. The minimum absolute atomic E-state index is 0.788. The van der Waals surface area contributed by atoms with Gasteiger partial charge in [-0.25, -0.2) is 4.98 Å². The standard InChI is InChI=1S/C15H15BrN4/c1-19(9-11-8-17-20(2)10-11)14-7-6-12-4-3-5-13(16)15(12)18-14/h3-8,10H,9H2,1-2H3. The number of hydrogen-bond donors (Lipinski definition) is 0. The fourth-order valence-electron chi connectivity index (χ4n) is 2.22. The Bertz CT molecular complexity index is 750. The Hall–Kier alpha value is -1.88. The van der Waals surface area contributed by atoms with E-state index in [9.17, 15) is 0 Å². The van der Waals surface area contributed by atoms with Gasteiger partial charge in [0.15, 0.2) is 0 Å². The number of aromatic nitrogens is 3. The minimum atomic E-state index is 0.788. The maximum atomic E-state index is 4.73. The Kier molecular flexibility index (Phi) is 3.44. The molecule has 0 radical (unpaired) electrons. The average molecular weight is 331 g/mol. The summed E-state index contributed by atoms with van der Waals surface area (Å²) in [7, 11) is 3.97. The van der Waals surface area contributed by atoms with Gasteiger partial charge in [-0.3, -0.25) is 4.68 Å². The molecule has 102 valence electrons. The van der Waals surface area contributed by atoms with Crippen molar-refractivity contribution in [3.63, 3.8) is 0 Å². The summed E-state index contributed by atoms with van der Waals surface area (Å²) in [4.78, 5) is 6.85. The van der Waals surface area contributed by atoms with Crippen molar-refractivity contribution in [1.82, 2.24) is 14.8 Å². The maximum absolute atomic E-state index is 4.73. The highest BCUT2D eigenvalue weighted by Crippen LogP contribution is 2.24. The number of hydrogen-bond acceptors (Lipinski definition) is 3. The number of anilines is 1. The zero-order valence-electron chi connectivity index (χ0n) is 11.4. The predicted molar refractivity (Wildman–Crippen MR) is 84.8 cm³/mol. The van der Waals surface area contributed by atoms with E-state index in [1.54, 1.807) is 0 Å². The van der Waals surface area contributed by atoms with E-state index in [0.717, 1.165) is 27.7 Å². The van der Waals surface area contributed by atoms with E-state index in [1.807, 2.05) is 49.4 Å². The molecule has 3 rings (SSSR count). The van der Waals surface area contributed by atoms with Crippen LogP contribution in [0.2, 0.25) is 0 Å². The van der Waals surface area contributed by atoms with E-state index >= 15 is 0 Å². The molecule has 20 heavy (non-hydrogen) atoms. The van der Waals surface area contributed by atoms with E-state index in [1.165, 1.54) is 5.56 Å². The minimum Gasteiger partial charge on any atom is -0.355 e. The van der Waals surface area contributed by atoms with Crippen LogP contribution in [0, 0.1) is 0 Å². The van der Waals surface area contributed by atoms with Crippen LogP contribution in [-0.2, 0) is 13.6 Å². The Balaban J connectivity index is 1.91. The van der Waals surface area contributed by atoms with Crippen molar-refractivity contribution in [3.8, 4) is 0 Å². The lowest BCUT2D eigenvalue weighted by molar-refractivity contribution is 0.766. The second-order valence-electron chi connectivity index (χ2n) is 4.86. The van der Waals surface area contributed by atoms with E-state index in [-0.39, 0.29) is 0 Å². The number of rotatable bonds is 3. The number of halogens is 1. The summed E-state index contributed by atoms with van der Waals surface area (Å²) in [6, 6.07) is 10.2. The monoisotopic (exact) mass is 330 g/mol. The first kappa shape index (κ1) is 13.1. The fraction of sp³-hybridized carbons (Fsp3) is 0.200. The van der Waals surface area contributed by atoms with Gasteiger partial charge in [0.05, 0.1) is 11.7 Å². The van der Waals surface area contributed by atoms with Crippen LogP contribution in [0.3, 0.4) is 0 Å². The molecule has 0 amide bonds. The normalized spacial score (nSPS) is 10.9. The molecule has 2 aromatic heterocycles. The van der Waals surface area contributed by atoms with Crippen LogP contribution in [0.4, 0.5) is 5.82 Å². The van der Waals surface area contributed by atoms with E-state index in [2.05, 4.69) is 38.1 Å². The van der Waals surface area contributed by atoms with Crippen molar-refractivity contribution >= 4 is 32.7 Å². The van der Waals surface area contributed by atoms with Gasteiger partial charge in [0, 0.05) is 42.3 Å². The molecule has 3 aromatic rings. The van der Waals surface area contributed by atoms with Crippen molar-refractivity contribution in [3.05, 3.63) is 52.8 Å². The van der Waals surface area contributed by atoms with Gasteiger partial charge in [0.1, 0.15) is 5.82 Å². The molecule has 0 saturated heterocycles. The van der Waals surface area contributed by atoms with Gasteiger partial charge in [0.25, 0.3) is 0 Å². The third kappa shape index (κ3) is 2.54. The molecule has 5 heteroatoms. The van der Waals surface area contributed by atoms with Gasteiger partial charge in [-0.1, -0.05) is 12.1 Å². The second-order valence-corrected chi connectivity index (χ2v) is 5.71. The van der Waals surface area contributed by atoms with Crippen LogP contribution in [0.15, 0.2) is 47.2 Å². The molecule has 0 spiro atoms. The summed E-state index contributed by atoms with van der Waals surface area (Å²) in [5.41, 5.74) is 2.16. The smallest absolute Gasteiger partial charge is 0.129 e. The van der Waals surface area contributed by atoms with E-state index in [0.29, 0.717) is 0 Å². The Morgan fingerprint density at radius 1 is 1.25 bits per heavy atom. The predicted octanol–water partition coefficient (Wildman–Crippen LogP) is 3.37. The molecular weight excluding hydrogens is 316 g/mol. The van der Waals surface area contributed by atoms with Gasteiger partial charge in [-0.15, -0.1) is 0 Å². The summed E-state index contributed by atoms with van der Waals surface area (Å²) in [5, 5.41) is 5.33. The number of benzene rings is 1. The molecular formula is C15H15BrN4. The molecule has 2 heterocycles. The summed E-state index contributed by atoms with van der Waals surface area (Å²) in [6.07, 6.45) is 3.90. The molecule has 0 unspecified atom stereocenters. The zero-order valence-corrected chi connectivity index (χ0v) is 13.0. The van der Waals surface area contributed by atoms with Gasteiger partial charge < -0.3 is 4.90 Å². The fourth-order valence-corrected chi connectivity index (χ4v) is 2.69. The molecule has 0 saturated carbocycles. The van der Waals surface area contributed by atoms with Crippen molar-refractivity contribution in [2.45, 2.75) is 6.54 Å². The number of aryl methyl sites for hydroxylation is 1. The second kappa shape index (κ2) is 5.25. The Morgan fingerprint density at radius 2 is 2.10 bits per heavy atom. The number of fused-ring (bicyclic) bond motifs is 1. The van der Waals surface area contributed by atoms with Crippen LogP contribution in [0.25, 0.3) is 10.9 Å². The van der Waals surface area contributed by atoms with Gasteiger partial charge in [-0.05, 0) is 34.1 Å². The lowest BCUT2D eigenvalue weighted by atomic mass is 10.2. The van der Waals surface area contributed by atoms with Gasteiger partial charge >= 0.3 is 0 Å². The Morgan fingerprint density at radius 3 is 2.85 bits per heavy atom. The first-order chi connectivity index (χ1) is 9.63. The van der Waals surface area contributed by atoms with Gasteiger partial charge in [-0.2, -0.15) is 5.10 Å². The number of para-hydroxylation sites is 1. The number of pyridine rings is 1. The third-order valence-electron chi connectivity index (χ3n) is 3.23. The van der Waals surface area contributed by atoms with Crippen LogP contribution in [-0.4, -0.2) is 21.8 Å². The van der Waals surface area contributed by atoms with E-state index < -0.39 is 0 Å². The summed E-state index contributed by atoms with van der Waals surface area (Å²) in [5.74, 6) is 0.952. The highest BCUT2D eigenvalue weighted by Gasteiger charge is 2.07. The molecule has 0 aliphatic carbocycles. The summed E-state index contributed by atoms with van der Waals surface area (Å²) >= 11 is 3.56. The topological polar surface area (TPSA) is 34.0 Å². The maximum Gasteiger partial charge on any atom is 0.129 e. The summed E-state index contributed by atoms with van der Waals surface area (Å²) < 4.78 is 2.83. The van der Waals surface area contributed by atoms with Crippen LogP contribution in [0.5, 0.6) is 0 Å². The van der Waals surface area contributed by atoms with Crippen molar-refractivity contribution in [2.75, 3.05) is 11.9 Å². The summed E-state index contributed by atoms with van der Waals surface area (Å²) in [6.45, 7) is 0.788. The molecule has 0 atom stereocenters. The van der Waals surface area contributed by atoms with Crippen LogP contribution < -0.4 is 4.90 Å². The van der Waals surface area contributed by atoms with Crippen LogP contribution >= 0.6 is 15.9 Å². The molecule has 0 N–H and O–H groups in total. The van der Waals surface area contributed by atoms with Crippen molar-refractivity contribution < 1.29 is 0 Å². The molecule has 0 fully saturated rings. The highest BCUT2D eigenvalue weighted by atomic mass is 79.9. The average Bonchev–Trinajstić information content (AvgIpc) is 2.84. The first-order valence-electron chi connectivity index (χ1n) is 6.37. The first-order valence-corrected chi connectivity index (χ1v) is 7.17. The zero-order chi connectivity index (χ0) is 14.1. The van der Waals surface area contributed by atoms with Crippen molar-refractivity contribution in [2.24, 2.45) is 7.05 Å². The van der Waals surface area contributed by atoms with Crippen molar-refractivity contribution in [1.29, 1.82) is 0 Å². The number of nitrogens with zero attached hydrogens (tertiary/aromatic N) is 4. The SMILES string of the molecule is CN(Cc1cnn(C)c1)c1ccc2cccc(Br)c2n1. The lowest BCUT2D eigenvalue weighted by Gasteiger charge is -2.17. The molecule has 0 aliphatic rings. The molecule has 1 aromatic carbocycles. The lowest BCUT2D eigenvalue weighted by Crippen LogP contribution is -2.17. The molecule has 0 bridgehead atoms. The highest BCUT2D eigenvalue weighted by molar-refractivity contribution is 9.10. The molecule has 4 nitrogen and oxygen atoms in total. The third-order valence-corrected chi connectivity index (χ3v) is 3.87. The van der Waals surface area contributed by atoms with Crippen LogP contribution in [0.1, 0.15) is 5.56 Å². The Labute approximate surface area is 126 Å². The molecule has 0 aliphatic heterocycles. The van der Waals surface area contributed by atoms with E-state index in [4.69, 9.17) is 4.98 Å². The quantitative estimate of drug-likeness (QED) is 0.738.